The Morgan fingerprint density at radius 3 is 2.59 bits per heavy atom. The standard InChI is InChI=1S/C21H21ClN2O2S/c1-4-24(12-19(25)23-17-11-15(22)10-9-13(17)2)21(26)20-14(3)16-7-5-6-8-18(16)27-20/h5-11H,4,12H2,1-3H3,(H,23,25). The molecule has 27 heavy (non-hydrogen) atoms. The average Bonchev–Trinajstić information content (AvgIpc) is 2.99. The van der Waals surface area contributed by atoms with Crippen molar-refractivity contribution in [1.29, 1.82) is 0 Å². The Kier molecular flexibility index (Phi) is 5.82. The fraction of sp³-hybridized carbons (Fsp3) is 0.238. The number of carbonyl (C=O) groups is 2. The second kappa shape index (κ2) is 8.11. The van der Waals surface area contributed by atoms with Gasteiger partial charge in [-0.15, -0.1) is 11.3 Å². The van der Waals surface area contributed by atoms with Crippen molar-refractivity contribution in [2.24, 2.45) is 0 Å². The summed E-state index contributed by atoms with van der Waals surface area (Å²) >= 11 is 7.48. The molecule has 2 aromatic carbocycles. The maximum atomic E-state index is 13.0. The lowest BCUT2D eigenvalue weighted by Gasteiger charge is -2.20. The lowest BCUT2D eigenvalue weighted by Crippen LogP contribution is -2.37. The van der Waals surface area contributed by atoms with E-state index in [0.717, 1.165) is 21.2 Å². The van der Waals surface area contributed by atoms with Crippen LogP contribution in [-0.2, 0) is 4.79 Å². The third-order valence-corrected chi connectivity index (χ3v) is 6.01. The summed E-state index contributed by atoms with van der Waals surface area (Å²) in [5.74, 6) is -0.358. The number of aryl methyl sites for hydroxylation is 2. The number of carbonyl (C=O) groups excluding carboxylic acids is 2. The third-order valence-electron chi connectivity index (χ3n) is 4.52. The molecule has 0 bridgehead atoms. The Balaban J connectivity index is 1.77. The van der Waals surface area contributed by atoms with Crippen molar-refractivity contribution in [2.45, 2.75) is 20.8 Å². The van der Waals surface area contributed by atoms with Crippen LogP contribution >= 0.6 is 22.9 Å². The van der Waals surface area contributed by atoms with Crippen molar-refractivity contribution >= 4 is 50.5 Å². The number of hydrogen-bond acceptors (Lipinski definition) is 3. The van der Waals surface area contributed by atoms with Crippen LogP contribution in [0.4, 0.5) is 5.69 Å². The fourth-order valence-electron chi connectivity index (χ4n) is 2.94. The average molecular weight is 401 g/mol. The molecular formula is C21H21ClN2O2S. The molecule has 0 fully saturated rings. The van der Waals surface area contributed by atoms with Gasteiger partial charge >= 0.3 is 0 Å². The summed E-state index contributed by atoms with van der Waals surface area (Å²) in [5.41, 5.74) is 2.54. The van der Waals surface area contributed by atoms with E-state index >= 15 is 0 Å². The Morgan fingerprint density at radius 1 is 1.15 bits per heavy atom. The van der Waals surface area contributed by atoms with Crippen molar-refractivity contribution in [3.63, 3.8) is 0 Å². The third kappa shape index (κ3) is 4.15. The van der Waals surface area contributed by atoms with E-state index in [2.05, 4.69) is 5.32 Å². The molecule has 0 atom stereocenters. The van der Waals surface area contributed by atoms with Crippen LogP contribution in [0.5, 0.6) is 0 Å². The van der Waals surface area contributed by atoms with Gasteiger partial charge in [-0.1, -0.05) is 35.9 Å². The minimum Gasteiger partial charge on any atom is -0.329 e. The zero-order valence-corrected chi connectivity index (χ0v) is 17.1. The van der Waals surface area contributed by atoms with E-state index in [9.17, 15) is 9.59 Å². The molecule has 4 nitrogen and oxygen atoms in total. The van der Waals surface area contributed by atoms with Gasteiger partial charge in [0.2, 0.25) is 5.91 Å². The van der Waals surface area contributed by atoms with Gasteiger partial charge in [0, 0.05) is 22.0 Å². The Bertz CT molecular complexity index is 1010. The van der Waals surface area contributed by atoms with E-state index < -0.39 is 0 Å². The molecular weight excluding hydrogens is 380 g/mol. The first-order chi connectivity index (χ1) is 12.9. The van der Waals surface area contributed by atoms with Gasteiger partial charge in [0.15, 0.2) is 0 Å². The SMILES string of the molecule is CCN(CC(=O)Nc1cc(Cl)ccc1C)C(=O)c1sc2ccccc2c1C. The Labute approximate surface area is 167 Å². The highest BCUT2D eigenvalue weighted by Crippen LogP contribution is 2.31. The van der Waals surface area contributed by atoms with Gasteiger partial charge in [0.1, 0.15) is 6.54 Å². The van der Waals surface area contributed by atoms with E-state index in [4.69, 9.17) is 11.6 Å². The van der Waals surface area contributed by atoms with Crippen LogP contribution in [0, 0.1) is 13.8 Å². The first-order valence-electron chi connectivity index (χ1n) is 8.74. The number of amides is 2. The normalized spacial score (nSPS) is 10.8. The lowest BCUT2D eigenvalue weighted by atomic mass is 10.1. The van der Waals surface area contributed by atoms with Crippen LogP contribution < -0.4 is 5.32 Å². The molecule has 0 unspecified atom stereocenters. The first-order valence-corrected chi connectivity index (χ1v) is 9.93. The molecule has 1 N–H and O–H groups in total. The second-order valence-corrected chi connectivity index (χ2v) is 7.87. The van der Waals surface area contributed by atoms with Gasteiger partial charge in [0.25, 0.3) is 5.91 Å². The lowest BCUT2D eigenvalue weighted by molar-refractivity contribution is -0.116. The van der Waals surface area contributed by atoms with Gasteiger partial charge < -0.3 is 10.2 Å². The molecule has 6 heteroatoms. The molecule has 0 radical (unpaired) electrons. The van der Waals surface area contributed by atoms with Crippen molar-refractivity contribution < 1.29 is 9.59 Å². The van der Waals surface area contributed by atoms with Crippen molar-refractivity contribution in [2.75, 3.05) is 18.4 Å². The Morgan fingerprint density at radius 2 is 1.89 bits per heavy atom. The molecule has 1 heterocycles. The number of fused-ring (bicyclic) bond motifs is 1. The van der Waals surface area contributed by atoms with E-state index in [1.807, 2.05) is 51.1 Å². The molecule has 1 aromatic heterocycles. The zero-order chi connectivity index (χ0) is 19.6. The Hall–Kier alpha value is -2.37. The van der Waals surface area contributed by atoms with E-state index in [1.54, 1.807) is 17.0 Å². The number of likely N-dealkylation sites (N-methyl/N-ethyl adjacent to an activating group) is 1. The number of nitrogens with zero attached hydrogens (tertiary/aromatic N) is 1. The summed E-state index contributed by atoms with van der Waals surface area (Å²) in [6.07, 6.45) is 0. The van der Waals surface area contributed by atoms with Crippen molar-refractivity contribution in [1.82, 2.24) is 4.90 Å². The summed E-state index contributed by atoms with van der Waals surface area (Å²) in [7, 11) is 0. The summed E-state index contributed by atoms with van der Waals surface area (Å²) < 4.78 is 1.08. The predicted molar refractivity (Wildman–Crippen MR) is 113 cm³/mol. The number of rotatable bonds is 5. The quantitative estimate of drug-likeness (QED) is 0.634. The molecule has 3 aromatic rings. The number of benzene rings is 2. The second-order valence-electron chi connectivity index (χ2n) is 6.38. The van der Waals surface area contributed by atoms with E-state index in [-0.39, 0.29) is 18.4 Å². The highest BCUT2D eigenvalue weighted by Gasteiger charge is 2.22. The summed E-state index contributed by atoms with van der Waals surface area (Å²) in [5, 5.41) is 4.49. The maximum Gasteiger partial charge on any atom is 0.264 e. The number of nitrogens with one attached hydrogen (secondary N) is 1. The van der Waals surface area contributed by atoms with Crippen LogP contribution in [0.25, 0.3) is 10.1 Å². The van der Waals surface area contributed by atoms with Gasteiger partial charge in [-0.25, -0.2) is 0 Å². The van der Waals surface area contributed by atoms with Crippen molar-refractivity contribution in [3.05, 3.63) is 63.5 Å². The highest BCUT2D eigenvalue weighted by molar-refractivity contribution is 7.21. The number of halogens is 1. The predicted octanol–water partition coefficient (Wildman–Crippen LogP) is 5.27. The van der Waals surface area contributed by atoms with Gasteiger partial charge in [-0.3, -0.25) is 9.59 Å². The highest BCUT2D eigenvalue weighted by atomic mass is 35.5. The van der Waals surface area contributed by atoms with Gasteiger partial charge in [-0.2, -0.15) is 0 Å². The molecule has 0 spiro atoms. The minimum absolute atomic E-state index is 0.00499. The molecule has 0 aliphatic carbocycles. The summed E-state index contributed by atoms with van der Waals surface area (Å²) in [4.78, 5) is 27.8. The molecule has 140 valence electrons. The first kappa shape index (κ1) is 19.4. The minimum atomic E-state index is -0.241. The van der Waals surface area contributed by atoms with Crippen LogP contribution in [0.2, 0.25) is 5.02 Å². The van der Waals surface area contributed by atoms with Crippen LogP contribution in [-0.4, -0.2) is 29.8 Å². The van der Waals surface area contributed by atoms with E-state index in [1.165, 1.54) is 11.3 Å². The van der Waals surface area contributed by atoms with Crippen molar-refractivity contribution in [3.8, 4) is 0 Å². The monoisotopic (exact) mass is 400 g/mol. The molecule has 0 aliphatic heterocycles. The van der Waals surface area contributed by atoms with Crippen LogP contribution in [0.3, 0.4) is 0 Å². The largest absolute Gasteiger partial charge is 0.329 e. The van der Waals surface area contributed by atoms with Crippen LogP contribution in [0.1, 0.15) is 27.7 Å². The molecule has 3 rings (SSSR count). The number of thiophene rings is 1. The van der Waals surface area contributed by atoms with Crippen LogP contribution in [0.15, 0.2) is 42.5 Å². The summed E-state index contributed by atoms with van der Waals surface area (Å²) in [6.45, 7) is 6.17. The molecule has 2 amide bonds. The number of anilines is 1. The fourth-order valence-corrected chi connectivity index (χ4v) is 4.29. The molecule has 0 saturated carbocycles. The van der Waals surface area contributed by atoms with Gasteiger partial charge in [-0.05, 0) is 55.5 Å². The summed E-state index contributed by atoms with van der Waals surface area (Å²) in [6, 6.07) is 13.3. The number of hydrogen-bond donors (Lipinski definition) is 1. The zero-order valence-electron chi connectivity index (χ0n) is 15.5. The van der Waals surface area contributed by atoms with Gasteiger partial charge in [0.05, 0.1) is 4.88 Å². The molecule has 0 aliphatic rings. The topological polar surface area (TPSA) is 49.4 Å². The maximum absolute atomic E-state index is 13.0. The molecule has 0 saturated heterocycles. The smallest absolute Gasteiger partial charge is 0.264 e. The van der Waals surface area contributed by atoms with E-state index in [0.29, 0.717) is 22.1 Å².